The molecule has 3 rings (SSSR count). The molecule has 5 heteroatoms. The third-order valence-corrected chi connectivity index (χ3v) is 4.30. The number of anilines is 1. The van der Waals surface area contributed by atoms with E-state index < -0.39 is 6.10 Å². The number of likely N-dealkylation sites (N-methyl/N-ethyl adjacent to an activating group) is 1. The molecule has 0 bridgehead atoms. The monoisotopic (exact) mass is 289 g/mol. The Labute approximate surface area is 125 Å². The molecule has 1 aromatic rings. The molecule has 0 aliphatic carbocycles. The van der Waals surface area contributed by atoms with Crippen molar-refractivity contribution in [1.82, 2.24) is 9.80 Å². The summed E-state index contributed by atoms with van der Waals surface area (Å²) in [4.78, 5) is 16.6. The number of likely N-dealkylation sites (tertiary alicyclic amines) is 1. The summed E-state index contributed by atoms with van der Waals surface area (Å²) in [5, 5.41) is 13.2. The van der Waals surface area contributed by atoms with E-state index in [2.05, 4.69) is 10.2 Å². The maximum Gasteiger partial charge on any atom is 0.254 e. The molecular formula is C16H23N3O2. The zero-order valence-corrected chi connectivity index (χ0v) is 12.7. The van der Waals surface area contributed by atoms with E-state index in [0.717, 1.165) is 25.2 Å². The number of benzene rings is 1. The molecule has 2 aliphatic rings. The van der Waals surface area contributed by atoms with Gasteiger partial charge >= 0.3 is 0 Å². The Bertz CT molecular complexity index is 544. The standard InChI is InChI=1S/C16H23N3O2/c1-18(2)9-13-8-14(20)10-19(13)16(21)12-4-3-11-5-6-17-15(11)7-12/h3-4,7,13-14,17,20H,5-6,8-10H2,1-2H3. The first-order chi connectivity index (χ1) is 10.0. The first kappa shape index (κ1) is 14.4. The number of hydrogen-bond acceptors (Lipinski definition) is 4. The van der Waals surface area contributed by atoms with Crippen molar-refractivity contribution in [2.24, 2.45) is 0 Å². The van der Waals surface area contributed by atoms with E-state index in [4.69, 9.17) is 0 Å². The second-order valence-electron chi connectivity index (χ2n) is 6.31. The maximum absolute atomic E-state index is 12.8. The Balaban J connectivity index is 1.80. The second kappa shape index (κ2) is 5.66. The lowest BCUT2D eigenvalue weighted by molar-refractivity contribution is 0.0699. The van der Waals surface area contributed by atoms with Crippen LogP contribution in [0.4, 0.5) is 5.69 Å². The third kappa shape index (κ3) is 2.89. The molecule has 2 N–H and O–H groups in total. The predicted molar refractivity (Wildman–Crippen MR) is 82.6 cm³/mol. The fourth-order valence-electron chi connectivity index (χ4n) is 3.33. The van der Waals surface area contributed by atoms with Gasteiger partial charge in [-0.05, 0) is 44.6 Å². The van der Waals surface area contributed by atoms with E-state index in [0.29, 0.717) is 18.5 Å². The average Bonchev–Trinajstić information content (AvgIpc) is 3.02. The van der Waals surface area contributed by atoms with E-state index in [1.165, 1.54) is 5.56 Å². The van der Waals surface area contributed by atoms with E-state index in [9.17, 15) is 9.90 Å². The van der Waals surface area contributed by atoms with E-state index >= 15 is 0 Å². The van der Waals surface area contributed by atoms with Gasteiger partial charge in [0.1, 0.15) is 0 Å². The summed E-state index contributed by atoms with van der Waals surface area (Å²) in [6, 6.07) is 5.98. The highest BCUT2D eigenvalue weighted by Crippen LogP contribution is 2.26. The number of fused-ring (bicyclic) bond motifs is 1. The van der Waals surface area contributed by atoms with E-state index in [-0.39, 0.29) is 11.9 Å². The van der Waals surface area contributed by atoms with E-state index in [1.807, 2.05) is 37.2 Å². The predicted octanol–water partition coefficient (Wildman–Crippen LogP) is 0.792. The van der Waals surface area contributed by atoms with Crippen LogP contribution in [0, 0.1) is 0 Å². The minimum Gasteiger partial charge on any atom is -0.391 e. The van der Waals surface area contributed by atoms with Crippen molar-refractivity contribution in [1.29, 1.82) is 0 Å². The number of hydrogen-bond donors (Lipinski definition) is 2. The Morgan fingerprint density at radius 2 is 2.29 bits per heavy atom. The Morgan fingerprint density at radius 3 is 3.05 bits per heavy atom. The summed E-state index contributed by atoms with van der Waals surface area (Å²) >= 11 is 0. The van der Waals surface area contributed by atoms with Gasteiger partial charge in [-0.3, -0.25) is 4.79 Å². The van der Waals surface area contributed by atoms with Gasteiger partial charge in [0.05, 0.1) is 6.10 Å². The number of aliphatic hydroxyl groups is 1. The molecular weight excluding hydrogens is 266 g/mol. The Kier molecular flexibility index (Phi) is 3.87. The highest BCUT2D eigenvalue weighted by molar-refractivity contribution is 5.96. The number of carbonyl (C=O) groups excluding carboxylic acids is 1. The SMILES string of the molecule is CN(C)CC1CC(O)CN1C(=O)c1ccc2c(c1)NCC2. The first-order valence-corrected chi connectivity index (χ1v) is 7.55. The highest BCUT2D eigenvalue weighted by Gasteiger charge is 2.35. The summed E-state index contributed by atoms with van der Waals surface area (Å²) in [6.07, 6.45) is 1.27. The molecule has 0 spiro atoms. The first-order valence-electron chi connectivity index (χ1n) is 7.55. The molecule has 1 aromatic carbocycles. The average molecular weight is 289 g/mol. The molecule has 0 saturated carbocycles. The zero-order chi connectivity index (χ0) is 15.0. The van der Waals surface area contributed by atoms with Gasteiger partial charge in [0.25, 0.3) is 5.91 Å². The maximum atomic E-state index is 12.8. The van der Waals surface area contributed by atoms with Crippen LogP contribution < -0.4 is 5.32 Å². The van der Waals surface area contributed by atoms with Gasteiger partial charge in [-0.25, -0.2) is 0 Å². The second-order valence-corrected chi connectivity index (χ2v) is 6.31. The van der Waals surface area contributed by atoms with Crippen LogP contribution in [0.25, 0.3) is 0 Å². The largest absolute Gasteiger partial charge is 0.391 e. The van der Waals surface area contributed by atoms with Crippen LogP contribution >= 0.6 is 0 Å². The van der Waals surface area contributed by atoms with Gasteiger partial charge in [-0.2, -0.15) is 0 Å². The van der Waals surface area contributed by atoms with Gasteiger partial charge in [0.15, 0.2) is 0 Å². The normalized spacial score (nSPS) is 24.3. The van der Waals surface area contributed by atoms with Gasteiger partial charge < -0.3 is 20.2 Å². The molecule has 2 atom stereocenters. The Morgan fingerprint density at radius 1 is 1.48 bits per heavy atom. The minimum absolute atomic E-state index is 0.0231. The number of β-amino-alcohol motifs (C(OH)–C–C–N with tert-alkyl or cyclic N) is 1. The molecule has 21 heavy (non-hydrogen) atoms. The van der Waals surface area contributed by atoms with Gasteiger partial charge in [0.2, 0.25) is 0 Å². The fourth-order valence-corrected chi connectivity index (χ4v) is 3.33. The number of carbonyl (C=O) groups is 1. The van der Waals surface area contributed by atoms with Crippen LogP contribution in [0.5, 0.6) is 0 Å². The lowest BCUT2D eigenvalue weighted by Crippen LogP contribution is -2.41. The molecule has 2 heterocycles. The summed E-state index contributed by atoms with van der Waals surface area (Å²) in [5.41, 5.74) is 3.06. The summed E-state index contributed by atoms with van der Waals surface area (Å²) in [5.74, 6) is 0.0231. The molecule has 0 radical (unpaired) electrons. The van der Waals surface area contributed by atoms with Crippen LogP contribution in [0.15, 0.2) is 18.2 Å². The number of rotatable bonds is 3. The lowest BCUT2D eigenvalue weighted by Gasteiger charge is -2.27. The Hall–Kier alpha value is -1.59. The molecule has 1 fully saturated rings. The van der Waals surface area contributed by atoms with Crippen LogP contribution in [0.1, 0.15) is 22.3 Å². The van der Waals surface area contributed by atoms with Crippen molar-refractivity contribution >= 4 is 11.6 Å². The number of nitrogens with one attached hydrogen (secondary N) is 1. The number of nitrogens with zero attached hydrogens (tertiary/aromatic N) is 2. The van der Waals surface area contributed by atoms with Gasteiger partial charge in [0, 0.05) is 36.9 Å². The molecule has 114 valence electrons. The highest BCUT2D eigenvalue weighted by atomic mass is 16.3. The molecule has 2 aliphatic heterocycles. The number of aliphatic hydroxyl groups excluding tert-OH is 1. The van der Waals surface area contributed by atoms with Crippen LogP contribution in [-0.4, -0.2) is 66.7 Å². The third-order valence-electron chi connectivity index (χ3n) is 4.30. The molecule has 0 aromatic heterocycles. The molecule has 1 amide bonds. The summed E-state index contributed by atoms with van der Waals surface area (Å²) in [6.45, 7) is 2.16. The van der Waals surface area contributed by atoms with Crippen molar-refractivity contribution in [3.63, 3.8) is 0 Å². The smallest absolute Gasteiger partial charge is 0.254 e. The quantitative estimate of drug-likeness (QED) is 0.864. The van der Waals surface area contributed by atoms with Crippen molar-refractivity contribution in [2.45, 2.75) is 25.0 Å². The zero-order valence-electron chi connectivity index (χ0n) is 12.7. The van der Waals surface area contributed by atoms with Crippen molar-refractivity contribution in [3.8, 4) is 0 Å². The summed E-state index contributed by atoms with van der Waals surface area (Å²) < 4.78 is 0. The van der Waals surface area contributed by atoms with Crippen molar-refractivity contribution < 1.29 is 9.90 Å². The van der Waals surface area contributed by atoms with E-state index in [1.54, 1.807) is 0 Å². The van der Waals surface area contributed by atoms with Gasteiger partial charge in [-0.15, -0.1) is 0 Å². The lowest BCUT2D eigenvalue weighted by atomic mass is 10.1. The molecule has 2 unspecified atom stereocenters. The van der Waals surface area contributed by atoms with Crippen LogP contribution in [-0.2, 0) is 6.42 Å². The number of amides is 1. The molecule has 1 saturated heterocycles. The van der Waals surface area contributed by atoms with Crippen molar-refractivity contribution in [3.05, 3.63) is 29.3 Å². The van der Waals surface area contributed by atoms with Crippen LogP contribution in [0.2, 0.25) is 0 Å². The van der Waals surface area contributed by atoms with Crippen molar-refractivity contribution in [2.75, 3.05) is 39.0 Å². The minimum atomic E-state index is -0.411. The van der Waals surface area contributed by atoms with Crippen LogP contribution in [0.3, 0.4) is 0 Å². The summed E-state index contributed by atoms with van der Waals surface area (Å²) in [7, 11) is 3.99. The molecule has 5 nitrogen and oxygen atoms in total. The van der Waals surface area contributed by atoms with Gasteiger partial charge in [-0.1, -0.05) is 6.07 Å². The fraction of sp³-hybridized carbons (Fsp3) is 0.562. The topological polar surface area (TPSA) is 55.8 Å².